The highest BCUT2D eigenvalue weighted by atomic mass is 16.5. The zero-order valence-electron chi connectivity index (χ0n) is 17.6. The van der Waals surface area contributed by atoms with Gasteiger partial charge in [-0.2, -0.15) is 4.98 Å². The fourth-order valence-electron chi connectivity index (χ4n) is 3.76. The number of anilines is 1. The largest absolute Gasteiger partial charge is 0.465 e. The molecule has 1 saturated heterocycles. The van der Waals surface area contributed by atoms with Crippen molar-refractivity contribution in [2.75, 3.05) is 37.8 Å². The van der Waals surface area contributed by atoms with E-state index in [1.54, 1.807) is 14.0 Å². The standard InChI is InChI=1S/C21H25N5O5/c1-3-31-16(27)14-26-19(28)17-18(23(2)21(26)29)22-20(24-9-11-30-12-10-24)25(17)13-15-7-5-4-6-8-15/h4-8H,3,9-14H2,1-2H3. The van der Waals surface area contributed by atoms with Crippen molar-refractivity contribution in [3.8, 4) is 0 Å². The van der Waals surface area contributed by atoms with E-state index < -0.39 is 23.8 Å². The molecule has 0 unspecified atom stereocenters. The Hall–Kier alpha value is -3.40. The van der Waals surface area contributed by atoms with Crippen LogP contribution < -0.4 is 16.1 Å². The number of hydrogen-bond acceptors (Lipinski definition) is 7. The van der Waals surface area contributed by atoms with E-state index in [2.05, 4.69) is 4.98 Å². The van der Waals surface area contributed by atoms with E-state index in [9.17, 15) is 14.4 Å². The molecular weight excluding hydrogens is 402 g/mol. The molecule has 10 heteroatoms. The number of ether oxygens (including phenoxy) is 2. The monoisotopic (exact) mass is 427 g/mol. The Morgan fingerprint density at radius 1 is 1.13 bits per heavy atom. The first-order valence-electron chi connectivity index (χ1n) is 10.2. The van der Waals surface area contributed by atoms with Gasteiger partial charge in [-0.05, 0) is 12.5 Å². The van der Waals surface area contributed by atoms with Gasteiger partial charge in [-0.3, -0.25) is 18.7 Å². The summed E-state index contributed by atoms with van der Waals surface area (Å²) in [4.78, 5) is 45.0. The van der Waals surface area contributed by atoms with E-state index in [4.69, 9.17) is 9.47 Å². The van der Waals surface area contributed by atoms with E-state index in [-0.39, 0.29) is 17.8 Å². The van der Waals surface area contributed by atoms with E-state index in [0.29, 0.717) is 38.8 Å². The number of aryl methyl sites for hydroxylation is 1. The molecular formula is C21H25N5O5. The Morgan fingerprint density at radius 3 is 2.52 bits per heavy atom. The molecule has 0 spiro atoms. The number of aromatic nitrogens is 4. The third-order valence-corrected chi connectivity index (χ3v) is 5.28. The van der Waals surface area contributed by atoms with Crippen LogP contribution in [0.15, 0.2) is 39.9 Å². The fraction of sp³-hybridized carbons (Fsp3) is 0.429. The van der Waals surface area contributed by atoms with Gasteiger partial charge < -0.3 is 14.4 Å². The lowest BCUT2D eigenvalue weighted by Crippen LogP contribution is -2.41. The van der Waals surface area contributed by atoms with Crippen LogP contribution in [0.5, 0.6) is 0 Å². The van der Waals surface area contributed by atoms with Crippen molar-refractivity contribution in [3.63, 3.8) is 0 Å². The van der Waals surface area contributed by atoms with Crippen molar-refractivity contribution >= 4 is 23.1 Å². The van der Waals surface area contributed by atoms with Crippen molar-refractivity contribution in [1.29, 1.82) is 0 Å². The molecule has 1 aromatic carbocycles. The number of rotatable bonds is 6. The first-order chi connectivity index (χ1) is 15.0. The van der Waals surface area contributed by atoms with Crippen LogP contribution in [0.4, 0.5) is 5.95 Å². The van der Waals surface area contributed by atoms with Gasteiger partial charge in [0.25, 0.3) is 5.56 Å². The molecule has 4 rings (SSSR count). The minimum Gasteiger partial charge on any atom is -0.465 e. The Labute approximate surface area is 178 Å². The van der Waals surface area contributed by atoms with Gasteiger partial charge in [0.05, 0.1) is 26.4 Å². The molecule has 31 heavy (non-hydrogen) atoms. The molecule has 1 aliphatic heterocycles. The third-order valence-electron chi connectivity index (χ3n) is 5.28. The lowest BCUT2D eigenvalue weighted by Gasteiger charge is -2.28. The minimum atomic E-state index is -0.636. The highest BCUT2D eigenvalue weighted by molar-refractivity contribution is 5.76. The Bertz CT molecular complexity index is 1200. The summed E-state index contributed by atoms with van der Waals surface area (Å²) in [6.07, 6.45) is 0. The summed E-state index contributed by atoms with van der Waals surface area (Å²) in [6.45, 7) is 4.16. The number of esters is 1. The average molecular weight is 427 g/mol. The third kappa shape index (κ3) is 3.98. The molecule has 164 valence electrons. The van der Waals surface area contributed by atoms with Crippen LogP contribution in [0.3, 0.4) is 0 Å². The van der Waals surface area contributed by atoms with Crippen LogP contribution in [-0.4, -0.2) is 57.6 Å². The maximum atomic E-state index is 13.4. The van der Waals surface area contributed by atoms with Gasteiger partial charge in [0, 0.05) is 20.1 Å². The molecule has 0 N–H and O–H groups in total. The van der Waals surface area contributed by atoms with Crippen LogP contribution in [0.1, 0.15) is 12.5 Å². The molecule has 0 atom stereocenters. The highest BCUT2D eigenvalue weighted by Gasteiger charge is 2.25. The summed E-state index contributed by atoms with van der Waals surface area (Å²) < 4.78 is 14.4. The summed E-state index contributed by atoms with van der Waals surface area (Å²) in [7, 11) is 1.55. The molecule has 0 bridgehead atoms. The maximum Gasteiger partial charge on any atom is 0.333 e. The molecule has 0 amide bonds. The van der Waals surface area contributed by atoms with Gasteiger partial charge in [0.2, 0.25) is 5.95 Å². The second-order valence-electron chi connectivity index (χ2n) is 7.29. The summed E-state index contributed by atoms with van der Waals surface area (Å²) in [5.41, 5.74) is 0.378. The number of fused-ring (bicyclic) bond motifs is 1. The number of imidazole rings is 1. The van der Waals surface area contributed by atoms with Crippen molar-refractivity contribution in [1.82, 2.24) is 18.7 Å². The number of benzene rings is 1. The smallest absolute Gasteiger partial charge is 0.333 e. The molecule has 10 nitrogen and oxygen atoms in total. The lowest BCUT2D eigenvalue weighted by atomic mass is 10.2. The number of morpholine rings is 1. The first kappa shape index (κ1) is 20.9. The predicted molar refractivity (Wildman–Crippen MR) is 114 cm³/mol. The highest BCUT2D eigenvalue weighted by Crippen LogP contribution is 2.22. The number of carbonyl (C=O) groups excluding carboxylic acids is 1. The summed E-state index contributed by atoms with van der Waals surface area (Å²) in [5.74, 6) is -0.0354. The van der Waals surface area contributed by atoms with E-state index in [0.717, 1.165) is 10.1 Å². The number of hydrogen-bond donors (Lipinski definition) is 0. The van der Waals surface area contributed by atoms with Gasteiger partial charge in [-0.25, -0.2) is 9.36 Å². The average Bonchev–Trinajstić information content (AvgIpc) is 3.16. The van der Waals surface area contributed by atoms with Gasteiger partial charge in [-0.15, -0.1) is 0 Å². The molecule has 0 aliphatic carbocycles. The molecule has 2 aromatic heterocycles. The van der Waals surface area contributed by atoms with E-state index >= 15 is 0 Å². The van der Waals surface area contributed by atoms with Crippen molar-refractivity contribution < 1.29 is 14.3 Å². The fourth-order valence-corrected chi connectivity index (χ4v) is 3.76. The molecule has 1 aliphatic rings. The quantitative estimate of drug-likeness (QED) is 0.523. The second kappa shape index (κ2) is 8.76. The van der Waals surface area contributed by atoms with Gasteiger partial charge in [0.15, 0.2) is 11.2 Å². The van der Waals surface area contributed by atoms with Gasteiger partial charge >= 0.3 is 11.7 Å². The Morgan fingerprint density at radius 2 is 1.84 bits per heavy atom. The summed E-state index contributed by atoms with van der Waals surface area (Å²) in [5, 5.41) is 0. The topological polar surface area (TPSA) is 101 Å². The summed E-state index contributed by atoms with van der Waals surface area (Å²) in [6, 6.07) is 9.71. The first-order valence-corrected chi connectivity index (χ1v) is 10.2. The lowest BCUT2D eigenvalue weighted by molar-refractivity contribution is -0.143. The van der Waals surface area contributed by atoms with Crippen LogP contribution in [0.25, 0.3) is 11.2 Å². The van der Waals surface area contributed by atoms with Crippen molar-refractivity contribution in [2.24, 2.45) is 7.05 Å². The number of carbonyl (C=O) groups is 1. The zero-order chi connectivity index (χ0) is 22.0. The van der Waals surface area contributed by atoms with Crippen LogP contribution in [0, 0.1) is 0 Å². The zero-order valence-corrected chi connectivity index (χ0v) is 17.6. The van der Waals surface area contributed by atoms with Crippen LogP contribution in [0.2, 0.25) is 0 Å². The molecule has 0 saturated carbocycles. The molecule has 0 radical (unpaired) electrons. The molecule has 3 aromatic rings. The minimum absolute atomic E-state index is 0.170. The normalized spacial score (nSPS) is 14.2. The van der Waals surface area contributed by atoms with Gasteiger partial charge in [-0.1, -0.05) is 30.3 Å². The van der Waals surface area contributed by atoms with Crippen LogP contribution >= 0.6 is 0 Å². The van der Waals surface area contributed by atoms with Crippen molar-refractivity contribution in [3.05, 3.63) is 56.7 Å². The SMILES string of the molecule is CCOC(=O)Cn1c(=O)c2c(nc(N3CCOCC3)n2Cc2ccccc2)n(C)c1=O. The maximum absolute atomic E-state index is 13.4. The van der Waals surface area contributed by atoms with Crippen LogP contribution in [-0.2, 0) is 34.4 Å². The second-order valence-corrected chi connectivity index (χ2v) is 7.29. The number of nitrogens with zero attached hydrogens (tertiary/aromatic N) is 5. The summed E-state index contributed by atoms with van der Waals surface area (Å²) >= 11 is 0. The van der Waals surface area contributed by atoms with Crippen molar-refractivity contribution in [2.45, 2.75) is 20.0 Å². The Balaban J connectivity index is 1.93. The van der Waals surface area contributed by atoms with Gasteiger partial charge in [0.1, 0.15) is 6.54 Å². The van der Waals surface area contributed by atoms with E-state index in [1.165, 1.54) is 4.57 Å². The molecule has 1 fully saturated rings. The molecule has 3 heterocycles. The predicted octanol–water partition coefficient (Wildman–Crippen LogP) is 0.345. The van der Waals surface area contributed by atoms with E-state index in [1.807, 2.05) is 39.8 Å². The Kier molecular flexibility index (Phi) is 5.90.